The zero-order chi connectivity index (χ0) is 17.0. The summed E-state index contributed by atoms with van der Waals surface area (Å²) in [6, 6.07) is 7.60. The number of halogens is 1. The number of hydrogen-bond donors (Lipinski definition) is 0. The fourth-order valence-corrected chi connectivity index (χ4v) is 3.49. The van der Waals surface area contributed by atoms with E-state index in [0.717, 1.165) is 10.0 Å². The van der Waals surface area contributed by atoms with Gasteiger partial charge >= 0.3 is 5.97 Å². The average Bonchev–Trinajstić information content (AvgIpc) is 2.73. The number of ether oxygens (including phenoxy) is 1. The summed E-state index contributed by atoms with van der Waals surface area (Å²) in [5.41, 5.74) is 0.891. The first kappa shape index (κ1) is 18.2. The van der Waals surface area contributed by atoms with Gasteiger partial charge in [-0.15, -0.1) is 0 Å². The minimum absolute atomic E-state index is 0.146. The highest BCUT2D eigenvalue weighted by Gasteiger charge is 2.33. The van der Waals surface area contributed by atoms with E-state index < -0.39 is 5.97 Å². The highest BCUT2D eigenvalue weighted by atomic mass is 79.9. The molecule has 0 N–H and O–H groups in total. The van der Waals surface area contributed by atoms with Crippen molar-refractivity contribution in [3.05, 3.63) is 39.2 Å². The molecular weight excluding hydrogens is 398 g/mol. The number of rotatable bonds is 5. The molecule has 0 spiro atoms. The molecule has 4 nitrogen and oxygen atoms in total. The lowest BCUT2D eigenvalue weighted by atomic mass is 10.2. The van der Waals surface area contributed by atoms with Crippen LogP contribution in [0, 0.1) is 5.92 Å². The van der Waals surface area contributed by atoms with Gasteiger partial charge in [0.1, 0.15) is 10.9 Å². The molecule has 1 heterocycles. The summed E-state index contributed by atoms with van der Waals surface area (Å²) in [6.45, 7) is 4.09. The number of hydrogen-bond acceptors (Lipinski definition) is 5. The number of thiocarbonyl (C=S) groups is 1. The van der Waals surface area contributed by atoms with Crippen LogP contribution >= 0.6 is 39.9 Å². The first-order valence-electron chi connectivity index (χ1n) is 7.03. The van der Waals surface area contributed by atoms with Gasteiger partial charge in [0.25, 0.3) is 5.91 Å². The summed E-state index contributed by atoms with van der Waals surface area (Å²) in [5, 5.41) is 0. The molecule has 23 heavy (non-hydrogen) atoms. The van der Waals surface area contributed by atoms with Crippen LogP contribution in [0.4, 0.5) is 0 Å². The summed E-state index contributed by atoms with van der Waals surface area (Å²) in [5.74, 6) is -0.457. The predicted molar refractivity (Wildman–Crippen MR) is 99.8 cm³/mol. The van der Waals surface area contributed by atoms with E-state index in [4.69, 9.17) is 17.0 Å². The van der Waals surface area contributed by atoms with Gasteiger partial charge in [0.2, 0.25) is 0 Å². The van der Waals surface area contributed by atoms with Crippen molar-refractivity contribution in [3.8, 4) is 0 Å². The van der Waals surface area contributed by atoms with Gasteiger partial charge in [0, 0.05) is 4.47 Å². The molecule has 0 aromatic heterocycles. The molecule has 0 bridgehead atoms. The Labute approximate surface area is 153 Å². The minimum Gasteiger partial charge on any atom is -0.464 e. The average molecular weight is 414 g/mol. The molecule has 1 saturated heterocycles. The van der Waals surface area contributed by atoms with E-state index in [-0.39, 0.29) is 18.4 Å². The Morgan fingerprint density at radius 2 is 2.22 bits per heavy atom. The molecule has 0 unspecified atom stereocenters. The molecule has 1 amide bonds. The molecule has 2 rings (SSSR count). The molecule has 1 aromatic carbocycles. The van der Waals surface area contributed by atoms with Crippen molar-refractivity contribution in [1.29, 1.82) is 0 Å². The van der Waals surface area contributed by atoms with Gasteiger partial charge in [-0.3, -0.25) is 14.5 Å². The number of carbonyl (C=O) groups excluding carboxylic acids is 2. The van der Waals surface area contributed by atoms with Crippen LogP contribution in [0.3, 0.4) is 0 Å². The van der Waals surface area contributed by atoms with Crippen LogP contribution in [0.15, 0.2) is 33.6 Å². The third kappa shape index (κ3) is 5.16. The lowest BCUT2D eigenvalue weighted by Crippen LogP contribution is -2.34. The number of esters is 1. The van der Waals surface area contributed by atoms with Crippen molar-refractivity contribution in [2.45, 2.75) is 13.8 Å². The SMILES string of the molecule is CC(C)COC(=O)CN1C(=O)/C(=C/c2cccc(Br)c2)SC1=S. The molecule has 7 heteroatoms. The maximum absolute atomic E-state index is 12.4. The van der Waals surface area contributed by atoms with Crippen molar-refractivity contribution in [2.75, 3.05) is 13.2 Å². The molecule has 1 aliphatic heterocycles. The Morgan fingerprint density at radius 1 is 1.48 bits per heavy atom. The molecule has 1 aromatic rings. The molecular formula is C16H16BrNO3S2. The lowest BCUT2D eigenvalue weighted by molar-refractivity contribution is -0.147. The van der Waals surface area contributed by atoms with E-state index in [9.17, 15) is 9.59 Å². The standard InChI is InChI=1S/C16H16BrNO3S2/c1-10(2)9-21-14(19)8-18-15(20)13(23-16(18)22)7-11-4-3-5-12(17)6-11/h3-7,10H,8-9H2,1-2H3/b13-7-. The second-order valence-corrected chi connectivity index (χ2v) is 7.99. The monoisotopic (exact) mass is 413 g/mol. The number of amides is 1. The summed E-state index contributed by atoms with van der Waals surface area (Å²) >= 11 is 9.79. The van der Waals surface area contributed by atoms with Gasteiger partial charge in [-0.05, 0) is 29.7 Å². The van der Waals surface area contributed by atoms with Gasteiger partial charge in [-0.1, -0.05) is 65.9 Å². The molecule has 122 valence electrons. The first-order chi connectivity index (χ1) is 10.9. The largest absolute Gasteiger partial charge is 0.464 e. The maximum Gasteiger partial charge on any atom is 0.326 e. The van der Waals surface area contributed by atoms with E-state index in [1.54, 1.807) is 6.08 Å². The number of benzene rings is 1. The highest BCUT2D eigenvalue weighted by molar-refractivity contribution is 9.10. The quantitative estimate of drug-likeness (QED) is 0.416. The van der Waals surface area contributed by atoms with Gasteiger partial charge in [0.15, 0.2) is 0 Å². The number of nitrogens with zero attached hydrogens (tertiary/aromatic N) is 1. The van der Waals surface area contributed by atoms with Gasteiger partial charge < -0.3 is 4.74 Å². The molecule has 1 fully saturated rings. The molecule has 0 saturated carbocycles. The normalized spacial score (nSPS) is 16.5. The zero-order valence-electron chi connectivity index (χ0n) is 12.7. The smallest absolute Gasteiger partial charge is 0.326 e. The van der Waals surface area contributed by atoms with Crippen molar-refractivity contribution >= 4 is 62.2 Å². The van der Waals surface area contributed by atoms with E-state index in [0.29, 0.717) is 15.8 Å². The Morgan fingerprint density at radius 3 is 2.87 bits per heavy atom. The number of carbonyl (C=O) groups is 2. The lowest BCUT2D eigenvalue weighted by Gasteiger charge is -2.14. The third-order valence-electron chi connectivity index (χ3n) is 2.88. The second-order valence-electron chi connectivity index (χ2n) is 5.40. The van der Waals surface area contributed by atoms with Gasteiger partial charge in [-0.2, -0.15) is 0 Å². The summed E-state index contributed by atoms with van der Waals surface area (Å²) in [6.07, 6.45) is 1.77. The summed E-state index contributed by atoms with van der Waals surface area (Å²) in [7, 11) is 0. The Balaban J connectivity index is 2.06. The van der Waals surface area contributed by atoms with Crippen molar-refractivity contribution in [2.24, 2.45) is 5.92 Å². The Bertz CT molecular complexity index is 673. The van der Waals surface area contributed by atoms with Crippen LogP contribution in [0.1, 0.15) is 19.4 Å². The Kier molecular flexibility index (Phi) is 6.38. The van der Waals surface area contributed by atoms with Crippen molar-refractivity contribution in [1.82, 2.24) is 4.90 Å². The summed E-state index contributed by atoms with van der Waals surface area (Å²) in [4.78, 5) is 26.0. The third-order valence-corrected chi connectivity index (χ3v) is 4.76. The summed E-state index contributed by atoms with van der Waals surface area (Å²) < 4.78 is 6.41. The fraction of sp³-hybridized carbons (Fsp3) is 0.312. The topological polar surface area (TPSA) is 46.6 Å². The van der Waals surface area contributed by atoms with E-state index in [2.05, 4.69) is 15.9 Å². The molecule has 0 atom stereocenters. The second kappa shape index (κ2) is 8.08. The molecule has 1 aliphatic rings. The molecule has 0 aliphatic carbocycles. The number of thioether (sulfide) groups is 1. The van der Waals surface area contributed by atoms with Gasteiger partial charge in [-0.25, -0.2) is 0 Å². The van der Waals surface area contributed by atoms with E-state index in [1.807, 2.05) is 38.1 Å². The zero-order valence-corrected chi connectivity index (χ0v) is 16.0. The maximum atomic E-state index is 12.4. The van der Waals surface area contributed by atoms with E-state index >= 15 is 0 Å². The van der Waals surface area contributed by atoms with Crippen LogP contribution in [0.5, 0.6) is 0 Å². The fourth-order valence-electron chi connectivity index (χ4n) is 1.82. The van der Waals surface area contributed by atoms with Crippen LogP contribution in [-0.2, 0) is 14.3 Å². The van der Waals surface area contributed by atoms with Crippen LogP contribution < -0.4 is 0 Å². The van der Waals surface area contributed by atoms with Crippen LogP contribution in [0.2, 0.25) is 0 Å². The Hall–Kier alpha value is -1.18. The van der Waals surface area contributed by atoms with Gasteiger partial charge in [0.05, 0.1) is 11.5 Å². The predicted octanol–water partition coefficient (Wildman–Crippen LogP) is 3.85. The molecule has 0 radical (unpaired) electrons. The van der Waals surface area contributed by atoms with Crippen molar-refractivity contribution < 1.29 is 14.3 Å². The van der Waals surface area contributed by atoms with Crippen molar-refractivity contribution in [3.63, 3.8) is 0 Å². The van der Waals surface area contributed by atoms with E-state index in [1.165, 1.54) is 16.7 Å². The van der Waals surface area contributed by atoms with Crippen LogP contribution in [0.25, 0.3) is 6.08 Å². The van der Waals surface area contributed by atoms with Crippen LogP contribution in [-0.4, -0.2) is 34.2 Å². The minimum atomic E-state index is -0.446. The highest BCUT2D eigenvalue weighted by Crippen LogP contribution is 2.32. The first-order valence-corrected chi connectivity index (χ1v) is 9.05.